The minimum absolute atomic E-state index is 0.366. The van der Waals surface area contributed by atoms with Crippen molar-refractivity contribution in [1.29, 1.82) is 0 Å². The summed E-state index contributed by atoms with van der Waals surface area (Å²) in [6.45, 7) is 0. The third kappa shape index (κ3) is 2.29. The van der Waals surface area contributed by atoms with Crippen molar-refractivity contribution in [1.82, 2.24) is 0 Å². The van der Waals surface area contributed by atoms with E-state index in [-0.39, 0.29) is 0 Å². The zero-order valence-electron chi connectivity index (χ0n) is 5.66. The van der Waals surface area contributed by atoms with Crippen molar-refractivity contribution in [2.75, 3.05) is 0 Å². The molecule has 0 heterocycles. The van der Waals surface area contributed by atoms with Crippen LogP contribution in [0.3, 0.4) is 0 Å². The summed E-state index contributed by atoms with van der Waals surface area (Å²) in [7, 11) is 0. The number of halogens is 1. The lowest BCUT2D eigenvalue weighted by molar-refractivity contribution is 0.564. The average molecular weight is 191 g/mol. The zero-order chi connectivity index (χ0) is 8.27. The number of rotatable bonds is 2. The molecule has 1 N–H and O–H groups in total. The van der Waals surface area contributed by atoms with Crippen molar-refractivity contribution in [3.8, 4) is 0 Å². The first-order valence-electron chi connectivity index (χ1n) is 3.00. The van der Waals surface area contributed by atoms with E-state index in [4.69, 9.17) is 16.2 Å². The molecule has 1 unspecified atom stereocenters. The highest BCUT2D eigenvalue weighted by atomic mass is 35.5. The lowest BCUT2D eigenvalue weighted by Crippen LogP contribution is -1.88. The second-order valence-electron chi connectivity index (χ2n) is 2.03. The second kappa shape index (κ2) is 3.85. The zero-order valence-corrected chi connectivity index (χ0v) is 7.23. The SMILES string of the molecule is O=S(O)c1cccc(CCl)c1. The molecule has 0 aromatic heterocycles. The fourth-order valence-electron chi connectivity index (χ4n) is 0.737. The first-order chi connectivity index (χ1) is 5.24. The standard InChI is InChI=1S/C7H7ClO2S/c8-5-6-2-1-3-7(4-6)11(9)10/h1-4H,5H2,(H,9,10). The Bertz CT molecular complexity index is 275. The molecule has 0 bridgehead atoms. The maximum absolute atomic E-state index is 10.5. The van der Waals surface area contributed by atoms with Crippen LogP contribution in [0.5, 0.6) is 0 Å². The normalized spacial score (nSPS) is 12.9. The molecule has 0 fully saturated rings. The predicted octanol–water partition coefficient (Wildman–Crippen LogP) is 2.01. The van der Waals surface area contributed by atoms with E-state index >= 15 is 0 Å². The monoisotopic (exact) mass is 190 g/mol. The van der Waals surface area contributed by atoms with E-state index in [1.54, 1.807) is 18.2 Å². The van der Waals surface area contributed by atoms with Gasteiger partial charge in [-0.25, -0.2) is 4.21 Å². The molecule has 1 atom stereocenters. The van der Waals surface area contributed by atoms with E-state index in [1.807, 2.05) is 6.07 Å². The first kappa shape index (κ1) is 8.71. The van der Waals surface area contributed by atoms with E-state index in [1.165, 1.54) is 0 Å². The fourth-order valence-corrected chi connectivity index (χ4v) is 1.35. The van der Waals surface area contributed by atoms with E-state index in [2.05, 4.69) is 0 Å². The van der Waals surface area contributed by atoms with Crippen LogP contribution < -0.4 is 0 Å². The van der Waals surface area contributed by atoms with E-state index in [0.717, 1.165) is 5.56 Å². The molecule has 1 rings (SSSR count). The molecule has 11 heavy (non-hydrogen) atoms. The van der Waals surface area contributed by atoms with Gasteiger partial charge in [0.15, 0.2) is 11.1 Å². The molecule has 60 valence electrons. The Kier molecular flexibility index (Phi) is 3.05. The van der Waals surface area contributed by atoms with E-state index in [9.17, 15) is 4.21 Å². The van der Waals surface area contributed by atoms with Gasteiger partial charge in [-0.1, -0.05) is 12.1 Å². The van der Waals surface area contributed by atoms with Crippen LogP contribution in [0.4, 0.5) is 0 Å². The topological polar surface area (TPSA) is 37.3 Å². The summed E-state index contributed by atoms with van der Waals surface area (Å²) < 4.78 is 19.2. The van der Waals surface area contributed by atoms with Crippen LogP contribution in [0.25, 0.3) is 0 Å². The molecule has 1 aromatic carbocycles. The maximum atomic E-state index is 10.5. The minimum atomic E-state index is -1.90. The molecular formula is C7H7ClO2S. The molecule has 1 aromatic rings. The Hall–Kier alpha value is -0.380. The molecule has 0 amide bonds. The Labute approximate surface area is 72.5 Å². The highest BCUT2D eigenvalue weighted by molar-refractivity contribution is 7.79. The second-order valence-corrected chi connectivity index (χ2v) is 3.27. The number of benzene rings is 1. The van der Waals surface area contributed by atoms with Crippen LogP contribution in [0.15, 0.2) is 29.2 Å². The van der Waals surface area contributed by atoms with Crippen LogP contribution >= 0.6 is 11.6 Å². The third-order valence-corrected chi connectivity index (χ3v) is 2.22. The summed E-state index contributed by atoms with van der Waals surface area (Å²) in [4.78, 5) is 0.392. The molecule has 0 aliphatic heterocycles. The lowest BCUT2D eigenvalue weighted by atomic mass is 10.2. The molecule has 0 aliphatic rings. The molecule has 4 heteroatoms. The minimum Gasteiger partial charge on any atom is -0.302 e. The van der Waals surface area contributed by atoms with Crippen molar-refractivity contribution in [2.24, 2.45) is 0 Å². The first-order valence-corrected chi connectivity index (χ1v) is 4.64. The van der Waals surface area contributed by atoms with Gasteiger partial charge < -0.3 is 4.55 Å². The van der Waals surface area contributed by atoms with Gasteiger partial charge in [-0.2, -0.15) is 0 Å². The Morgan fingerprint density at radius 2 is 2.27 bits per heavy atom. The van der Waals surface area contributed by atoms with Gasteiger partial charge in [0, 0.05) is 5.88 Å². The average Bonchev–Trinajstić information content (AvgIpc) is 2.05. The van der Waals surface area contributed by atoms with Crippen LogP contribution in [-0.2, 0) is 17.0 Å². The lowest BCUT2D eigenvalue weighted by Gasteiger charge is -1.96. The molecule has 2 nitrogen and oxygen atoms in total. The van der Waals surface area contributed by atoms with Gasteiger partial charge in [0.05, 0.1) is 4.90 Å². The van der Waals surface area contributed by atoms with Crippen LogP contribution in [0.2, 0.25) is 0 Å². The van der Waals surface area contributed by atoms with Gasteiger partial charge in [0.2, 0.25) is 0 Å². The van der Waals surface area contributed by atoms with Gasteiger partial charge in [0.1, 0.15) is 0 Å². The van der Waals surface area contributed by atoms with Gasteiger partial charge >= 0.3 is 0 Å². The van der Waals surface area contributed by atoms with E-state index < -0.39 is 11.1 Å². The van der Waals surface area contributed by atoms with Gasteiger partial charge in [-0.05, 0) is 17.7 Å². The third-order valence-electron chi connectivity index (χ3n) is 1.25. The quantitative estimate of drug-likeness (QED) is 0.572. The van der Waals surface area contributed by atoms with Crippen molar-refractivity contribution in [3.63, 3.8) is 0 Å². The van der Waals surface area contributed by atoms with E-state index in [0.29, 0.717) is 10.8 Å². The number of hydrogen-bond donors (Lipinski definition) is 1. The fraction of sp³-hybridized carbons (Fsp3) is 0.143. The Morgan fingerprint density at radius 3 is 2.82 bits per heavy atom. The molecule has 0 spiro atoms. The smallest absolute Gasteiger partial charge is 0.186 e. The van der Waals surface area contributed by atoms with Gasteiger partial charge in [0.25, 0.3) is 0 Å². The molecular weight excluding hydrogens is 184 g/mol. The summed E-state index contributed by atoms with van der Waals surface area (Å²) in [6.07, 6.45) is 0. The molecule has 0 saturated heterocycles. The summed E-state index contributed by atoms with van der Waals surface area (Å²) in [5.41, 5.74) is 0.853. The molecule has 0 aliphatic carbocycles. The van der Waals surface area contributed by atoms with Crippen molar-refractivity contribution in [2.45, 2.75) is 10.8 Å². The largest absolute Gasteiger partial charge is 0.302 e. The van der Waals surface area contributed by atoms with Crippen LogP contribution in [0, 0.1) is 0 Å². The summed E-state index contributed by atoms with van der Waals surface area (Å²) in [5, 5.41) is 0. The van der Waals surface area contributed by atoms with Crippen LogP contribution in [-0.4, -0.2) is 8.76 Å². The van der Waals surface area contributed by atoms with Crippen LogP contribution in [0.1, 0.15) is 5.56 Å². The van der Waals surface area contributed by atoms with Gasteiger partial charge in [-0.15, -0.1) is 11.6 Å². The Balaban J connectivity index is 3.01. The van der Waals surface area contributed by atoms with Crippen molar-refractivity contribution >= 4 is 22.7 Å². The highest BCUT2D eigenvalue weighted by Crippen LogP contribution is 2.09. The Morgan fingerprint density at radius 1 is 1.55 bits per heavy atom. The van der Waals surface area contributed by atoms with Gasteiger partial charge in [-0.3, -0.25) is 0 Å². The summed E-state index contributed by atoms with van der Waals surface area (Å²) in [6, 6.07) is 6.72. The molecule has 0 radical (unpaired) electrons. The van der Waals surface area contributed by atoms with Crippen molar-refractivity contribution in [3.05, 3.63) is 29.8 Å². The summed E-state index contributed by atoms with van der Waals surface area (Å²) >= 11 is 3.62. The predicted molar refractivity (Wildman–Crippen MR) is 45.0 cm³/mol. The number of alkyl halides is 1. The maximum Gasteiger partial charge on any atom is 0.186 e. The van der Waals surface area contributed by atoms with Crippen molar-refractivity contribution < 1.29 is 8.76 Å². The summed E-state index contributed by atoms with van der Waals surface area (Å²) in [5.74, 6) is 0.366. The highest BCUT2D eigenvalue weighted by Gasteiger charge is 1.98. The molecule has 0 saturated carbocycles. The number of hydrogen-bond acceptors (Lipinski definition) is 1.